The Bertz CT molecular complexity index is 1260. The molecule has 0 aliphatic carbocycles. The Balaban J connectivity index is 1.55. The number of urea groups is 2. The van der Waals surface area contributed by atoms with Gasteiger partial charge in [-0.25, -0.2) is 35.9 Å². The van der Waals surface area contributed by atoms with E-state index in [1.165, 1.54) is 24.3 Å². The minimum Gasteiger partial charge on any atom is -0.307 e. The van der Waals surface area contributed by atoms with E-state index in [1.54, 1.807) is 60.7 Å². The van der Waals surface area contributed by atoms with Gasteiger partial charge >= 0.3 is 12.1 Å². The van der Waals surface area contributed by atoms with Gasteiger partial charge in [-0.2, -0.15) is 0 Å². The van der Waals surface area contributed by atoms with Crippen molar-refractivity contribution in [1.82, 2.24) is 9.44 Å². The maximum atomic E-state index is 12.2. The van der Waals surface area contributed by atoms with Crippen molar-refractivity contribution in [2.24, 2.45) is 0 Å². The molecule has 12 heteroatoms. The zero-order chi connectivity index (χ0) is 24.6. The number of rotatable bonds is 8. The molecule has 0 heterocycles. The normalized spacial score (nSPS) is 11.3. The van der Waals surface area contributed by atoms with E-state index >= 15 is 0 Å². The van der Waals surface area contributed by atoms with Gasteiger partial charge in [0, 0.05) is 11.4 Å². The molecule has 0 saturated heterocycles. The molecule has 0 spiro atoms. The van der Waals surface area contributed by atoms with E-state index in [-0.39, 0.29) is 22.9 Å². The minimum atomic E-state index is -3.94. The van der Waals surface area contributed by atoms with Gasteiger partial charge in [-0.15, -0.1) is 0 Å². The molecule has 178 valence electrons. The lowest BCUT2D eigenvalue weighted by molar-refractivity contribution is 0.255. The Labute approximate surface area is 197 Å². The first-order valence-electron chi connectivity index (χ1n) is 9.91. The first-order valence-corrected chi connectivity index (χ1v) is 13.2. The zero-order valence-electron chi connectivity index (χ0n) is 17.8. The van der Waals surface area contributed by atoms with E-state index in [9.17, 15) is 26.4 Å². The zero-order valence-corrected chi connectivity index (χ0v) is 19.4. The second kappa shape index (κ2) is 10.8. The molecular formula is C22H22N4O6S2. The SMILES string of the molecule is O=C(Nc1cccc(NC(=O)NS(=O)(=O)Cc2ccccc2)c1)NS(=O)(=O)Cc1ccccc1. The second-order valence-corrected chi connectivity index (χ2v) is 10.6. The average Bonchev–Trinajstić information content (AvgIpc) is 2.73. The summed E-state index contributed by atoms with van der Waals surface area (Å²) in [5.74, 6) is -0.749. The van der Waals surface area contributed by atoms with Crippen molar-refractivity contribution in [1.29, 1.82) is 0 Å². The van der Waals surface area contributed by atoms with Gasteiger partial charge in [0.25, 0.3) is 0 Å². The molecule has 0 aromatic heterocycles. The summed E-state index contributed by atoms with van der Waals surface area (Å²) in [5.41, 5.74) is 1.39. The van der Waals surface area contributed by atoms with Crippen molar-refractivity contribution >= 4 is 43.5 Å². The van der Waals surface area contributed by atoms with Crippen LogP contribution in [0.1, 0.15) is 11.1 Å². The van der Waals surface area contributed by atoms with Gasteiger partial charge in [-0.3, -0.25) is 0 Å². The molecule has 0 saturated carbocycles. The van der Waals surface area contributed by atoms with Crippen LogP contribution in [0, 0.1) is 0 Å². The minimum absolute atomic E-state index is 0.178. The van der Waals surface area contributed by atoms with Crippen LogP contribution in [0.2, 0.25) is 0 Å². The molecular weight excluding hydrogens is 480 g/mol. The standard InChI is InChI=1S/C22H22N4O6S2/c27-21(25-33(29,30)15-17-8-3-1-4-9-17)23-19-12-7-13-20(14-19)24-22(28)26-34(31,32)16-18-10-5-2-6-11-18/h1-14H,15-16H2,(H2,23,25,27)(H2,24,26,28). The largest absolute Gasteiger partial charge is 0.332 e. The number of anilines is 2. The van der Waals surface area contributed by atoms with E-state index in [0.717, 1.165) is 0 Å². The molecule has 4 N–H and O–H groups in total. The number of benzene rings is 3. The first kappa shape index (κ1) is 24.7. The van der Waals surface area contributed by atoms with Crippen LogP contribution in [0.3, 0.4) is 0 Å². The maximum absolute atomic E-state index is 12.2. The van der Waals surface area contributed by atoms with Crippen LogP contribution >= 0.6 is 0 Å². The smallest absolute Gasteiger partial charge is 0.307 e. The number of nitrogens with one attached hydrogen (secondary N) is 4. The highest BCUT2D eigenvalue weighted by Gasteiger charge is 2.17. The molecule has 3 rings (SSSR count). The summed E-state index contributed by atoms with van der Waals surface area (Å²) in [4.78, 5) is 24.3. The van der Waals surface area contributed by atoms with Crippen LogP contribution in [0.5, 0.6) is 0 Å². The Morgan fingerprint density at radius 3 is 1.32 bits per heavy atom. The highest BCUT2D eigenvalue weighted by molar-refractivity contribution is 7.89. The van der Waals surface area contributed by atoms with E-state index in [1.807, 2.05) is 9.44 Å². The van der Waals surface area contributed by atoms with Crippen molar-refractivity contribution in [3.05, 3.63) is 96.1 Å². The predicted molar refractivity (Wildman–Crippen MR) is 129 cm³/mol. The molecule has 0 aliphatic heterocycles. The van der Waals surface area contributed by atoms with Crippen LogP contribution < -0.4 is 20.1 Å². The lowest BCUT2D eigenvalue weighted by Gasteiger charge is -2.11. The van der Waals surface area contributed by atoms with Crippen LogP contribution in [0.15, 0.2) is 84.9 Å². The molecule has 10 nitrogen and oxygen atoms in total. The molecule has 34 heavy (non-hydrogen) atoms. The second-order valence-electron chi connectivity index (χ2n) is 7.18. The summed E-state index contributed by atoms with van der Waals surface area (Å²) in [6.45, 7) is 0. The Kier molecular flexibility index (Phi) is 7.87. The van der Waals surface area contributed by atoms with Gasteiger partial charge in [0.15, 0.2) is 0 Å². The van der Waals surface area contributed by atoms with Gasteiger partial charge in [0.05, 0.1) is 11.5 Å². The topological polar surface area (TPSA) is 151 Å². The number of amides is 4. The van der Waals surface area contributed by atoms with E-state index in [4.69, 9.17) is 0 Å². The number of carbonyl (C=O) groups excluding carboxylic acids is 2. The van der Waals surface area contributed by atoms with Crippen molar-refractivity contribution < 1.29 is 26.4 Å². The number of carbonyl (C=O) groups is 2. The predicted octanol–water partition coefficient (Wildman–Crippen LogP) is 2.99. The van der Waals surface area contributed by atoms with Gasteiger partial charge in [-0.05, 0) is 29.3 Å². The molecule has 0 aliphatic rings. The average molecular weight is 503 g/mol. The van der Waals surface area contributed by atoms with Crippen LogP contribution in [0.25, 0.3) is 0 Å². The Morgan fingerprint density at radius 1 is 0.559 bits per heavy atom. The number of sulfonamides is 2. The van der Waals surface area contributed by atoms with Crippen LogP contribution in [-0.2, 0) is 31.6 Å². The van der Waals surface area contributed by atoms with Crippen molar-refractivity contribution in [2.75, 3.05) is 10.6 Å². The lowest BCUT2D eigenvalue weighted by Crippen LogP contribution is -2.35. The van der Waals surface area contributed by atoms with Gasteiger partial charge < -0.3 is 10.6 Å². The van der Waals surface area contributed by atoms with Crippen molar-refractivity contribution in [3.63, 3.8) is 0 Å². The summed E-state index contributed by atoms with van der Waals surface area (Å²) in [7, 11) is -7.88. The monoisotopic (exact) mass is 502 g/mol. The highest BCUT2D eigenvalue weighted by Crippen LogP contribution is 2.15. The molecule has 3 aromatic carbocycles. The van der Waals surface area contributed by atoms with Crippen LogP contribution in [-0.4, -0.2) is 28.9 Å². The first-order chi connectivity index (χ1) is 16.1. The molecule has 0 bridgehead atoms. The molecule has 0 radical (unpaired) electrons. The van der Waals surface area contributed by atoms with E-state index in [2.05, 4.69) is 10.6 Å². The van der Waals surface area contributed by atoms with Crippen molar-refractivity contribution in [3.8, 4) is 0 Å². The highest BCUT2D eigenvalue weighted by atomic mass is 32.2. The van der Waals surface area contributed by atoms with E-state index in [0.29, 0.717) is 11.1 Å². The van der Waals surface area contributed by atoms with Gasteiger partial charge in [-0.1, -0.05) is 66.7 Å². The Hall–Kier alpha value is -3.90. The summed E-state index contributed by atoms with van der Waals surface area (Å²) in [6, 6.07) is 20.5. The summed E-state index contributed by atoms with van der Waals surface area (Å²) >= 11 is 0. The third-order valence-electron chi connectivity index (χ3n) is 4.27. The lowest BCUT2D eigenvalue weighted by atomic mass is 10.2. The number of hydrogen-bond donors (Lipinski definition) is 4. The molecule has 0 fully saturated rings. The third kappa shape index (κ3) is 8.22. The van der Waals surface area contributed by atoms with E-state index < -0.39 is 32.1 Å². The third-order valence-corrected chi connectivity index (χ3v) is 6.69. The summed E-state index contributed by atoms with van der Waals surface area (Å²) in [5, 5.41) is 4.72. The van der Waals surface area contributed by atoms with Crippen LogP contribution in [0.4, 0.5) is 21.0 Å². The number of hydrogen-bond acceptors (Lipinski definition) is 6. The fraction of sp³-hybridized carbons (Fsp3) is 0.0909. The quantitative estimate of drug-likeness (QED) is 0.372. The summed E-state index contributed by atoms with van der Waals surface area (Å²) in [6.07, 6.45) is 0. The summed E-state index contributed by atoms with van der Waals surface area (Å²) < 4.78 is 52.6. The molecule has 4 amide bonds. The van der Waals surface area contributed by atoms with Gasteiger partial charge in [0.1, 0.15) is 0 Å². The molecule has 0 atom stereocenters. The molecule has 0 unspecified atom stereocenters. The fourth-order valence-electron chi connectivity index (χ4n) is 2.93. The van der Waals surface area contributed by atoms with Gasteiger partial charge in [0.2, 0.25) is 20.0 Å². The molecule has 3 aromatic rings. The van der Waals surface area contributed by atoms with Crippen molar-refractivity contribution in [2.45, 2.75) is 11.5 Å². The Morgan fingerprint density at radius 2 is 0.941 bits per heavy atom. The fourth-order valence-corrected chi connectivity index (χ4v) is 5.00. The maximum Gasteiger partial charge on any atom is 0.332 e.